The Morgan fingerprint density at radius 2 is 2.43 bits per heavy atom. The van der Waals surface area contributed by atoms with Crippen LogP contribution in [0, 0.1) is 0 Å². The van der Waals surface area contributed by atoms with Gasteiger partial charge in [0.25, 0.3) is 0 Å². The molecule has 0 N–H and O–H groups in total. The molecular formula is C5H6OS. The topological polar surface area (TPSA) is 17.1 Å². The van der Waals surface area contributed by atoms with Gasteiger partial charge in [-0.1, -0.05) is 6.08 Å². The molecule has 0 aliphatic heterocycles. The van der Waals surface area contributed by atoms with E-state index in [1.165, 1.54) is 0 Å². The van der Waals surface area contributed by atoms with Gasteiger partial charge in [-0.15, -0.1) is 12.6 Å². The SMILES string of the molecule is O=C(S)C1=CCC1. The van der Waals surface area contributed by atoms with Gasteiger partial charge in [0.15, 0.2) is 0 Å². The first-order valence-electron chi connectivity index (χ1n) is 2.23. The lowest BCUT2D eigenvalue weighted by atomic mass is 10.0. The van der Waals surface area contributed by atoms with Crippen LogP contribution in [0.2, 0.25) is 0 Å². The van der Waals surface area contributed by atoms with Crippen LogP contribution in [0.4, 0.5) is 0 Å². The fourth-order valence-corrected chi connectivity index (χ4v) is 0.686. The molecule has 0 radical (unpaired) electrons. The molecule has 0 saturated heterocycles. The van der Waals surface area contributed by atoms with Crippen molar-refractivity contribution in [3.63, 3.8) is 0 Å². The summed E-state index contributed by atoms with van der Waals surface area (Å²) in [6.07, 6.45) is 3.90. The van der Waals surface area contributed by atoms with Gasteiger partial charge in [-0.2, -0.15) is 0 Å². The molecule has 38 valence electrons. The van der Waals surface area contributed by atoms with Crippen molar-refractivity contribution in [3.8, 4) is 0 Å². The summed E-state index contributed by atoms with van der Waals surface area (Å²) in [5.74, 6) is 0. The van der Waals surface area contributed by atoms with Crippen LogP contribution in [0.25, 0.3) is 0 Å². The van der Waals surface area contributed by atoms with Gasteiger partial charge < -0.3 is 0 Å². The molecule has 1 aliphatic rings. The molecule has 0 aromatic rings. The van der Waals surface area contributed by atoms with Crippen molar-refractivity contribution in [2.45, 2.75) is 12.8 Å². The third-order valence-corrected chi connectivity index (χ3v) is 1.37. The maximum Gasteiger partial charge on any atom is 0.211 e. The van der Waals surface area contributed by atoms with Crippen molar-refractivity contribution in [2.24, 2.45) is 0 Å². The lowest BCUT2D eigenvalue weighted by molar-refractivity contribution is -0.108. The maximum absolute atomic E-state index is 10.2. The van der Waals surface area contributed by atoms with Crippen LogP contribution in [0.15, 0.2) is 11.6 Å². The van der Waals surface area contributed by atoms with Crippen LogP contribution in [0.5, 0.6) is 0 Å². The third kappa shape index (κ3) is 0.855. The molecule has 0 bridgehead atoms. The van der Waals surface area contributed by atoms with Crippen molar-refractivity contribution in [2.75, 3.05) is 0 Å². The minimum Gasteiger partial charge on any atom is -0.282 e. The summed E-state index contributed by atoms with van der Waals surface area (Å²) < 4.78 is 0. The second-order valence-corrected chi connectivity index (χ2v) is 1.98. The molecule has 2 heteroatoms. The van der Waals surface area contributed by atoms with Crippen molar-refractivity contribution in [3.05, 3.63) is 11.6 Å². The van der Waals surface area contributed by atoms with Crippen LogP contribution in [-0.2, 0) is 4.79 Å². The van der Waals surface area contributed by atoms with E-state index in [2.05, 4.69) is 12.6 Å². The number of thiol groups is 1. The Kier molecular flexibility index (Phi) is 1.19. The zero-order valence-electron chi connectivity index (χ0n) is 3.85. The first kappa shape index (κ1) is 4.91. The molecule has 0 spiro atoms. The van der Waals surface area contributed by atoms with E-state index in [0.717, 1.165) is 18.4 Å². The molecule has 1 aliphatic carbocycles. The average molecular weight is 114 g/mol. The summed E-state index contributed by atoms with van der Waals surface area (Å²) in [4.78, 5) is 10.2. The van der Waals surface area contributed by atoms with Gasteiger partial charge in [-0.25, -0.2) is 0 Å². The Labute approximate surface area is 47.8 Å². The van der Waals surface area contributed by atoms with E-state index in [0.29, 0.717) is 0 Å². The van der Waals surface area contributed by atoms with Gasteiger partial charge in [0.2, 0.25) is 5.12 Å². The fraction of sp³-hybridized carbons (Fsp3) is 0.400. The monoisotopic (exact) mass is 114 g/mol. The molecule has 0 aromatic carbocycles. The highest BCUT2D eigenvalue weighted by Gasteiger charge is 2.09. The number of hydrogen-bond donors (Lipinski definition) is 1. The van der Waals surface area contributed by atoms with Crippen LogP contribution in [0.1, 0.15) is 12.8 Å². The second-order valence-electron chi connectivity index (χ2n) is 1.57. The van der Waals surface area contributed by atoms with Gasteiger partial charge in [0, 0.05) is 5.57 Å². The zero-order chi connectivity index (χ0) is 5.28. The Balaban J connectivity index is 2.57. The number of hydrogen-bond acceptors (Lipinski definition) is 1. The van der Waals surface area contributed by atoms with E-state index in [-0.39, 0.29) is 5.12 Å². The van der Waals surface area contributed by atoms with E-state index in [4.69, 9.17) is 0 Å². The summed E-state index contributed by atoms with van der Waals surface area (Å²) in [6.45, 7) is 0. The molecule has 0 heterocycles. The van der Waals surface area contributed by atoms with E-state index >= 15 is 0 Å². The summed E-state index contributed by atoms with van der Waals surface area (Å²) >= 11 is 3.62. The molecule has 0 amide bonds. The normalized spacial score (nSPS) is 17.6. The standard InChI is InChI=1S/C5H6OS/c6-5(7)4-2-1-3-4/h2H,1,3H2,(H,6,7). The smallest absolute Gasteiger partial charge is 0.211 e. The maximum atomic E-state index is 10.2. The number of carbonyl (C=O) groups is 1. The minimum absolute atomic E-state index is 0.0637. The van der Waals surface area contributed by atoms with Gasteiger partial charge >= 0.3 is 0 Å². The molecule has 0 atom stereocenters. The van der Waals surface area contributed by atoms with Crippen LogP contribution in [0.3, 0.4) is 0 Å². The van der Waals surface area contributed by atoms with Crippen LogP contribution in [-0.4, -0.2) is 5.12 Å². The van der Waals surface area contributed by atoms with Gasteiger partial charge in [0.05, 0.1) is 0 Å². The average Bonchev–Trinajstić information content (AvgIpc) is 1.23. The van der Waals surface area contributed by atoms with Crippen LogP contribution < -0.4 is 0 Å². The van der Waals surface area contributed by atoms with Crippen molar-refractivity contribution in [1.82, 2.24) is 0 Å². The highest BCUT2D eigenvalue weighted by atomic mass is 32.1. The molecule has 1 rings (SSSR count). The van der Waals surface area contributed by atoms with Gasteiger partial charge in [-0.3, -0.25) is 4.79 Å². The lowest BCUT2D eigenvalue weighted by Gasteiger charge is -2.07. The first-order chi connectivity index (χ1) is 3.30. The number of carbonyl (C=O) groups excluding carboxylic acids is 1. The lowest BCUT2D eigenvalue weighted by Crippen LogP contribution is -2.00. The van der Waals surface area contributed by atoms with Gasteiger partial charge in [0.1, 0.15) is 0 Å². The summed E-state index contributed by atoms with van der Waals surface area (Å²) in [7, 11) is 0. The molecule has 0 unspecified atom stereocenters. The minimum atomic E-state index is -0.0637. The highest BCUT2D eigenvalue weighted by molar-refractivity contribution is 7.97. The highest BCUT2D eigenvalue weighted by Crippen LogP contribution is 2.19. The number of allylic oxidation sites excluding steroid dienone is 1. The molecule has 0 saturated carbocycles. The van der Waals surface area contributed by atoms with E-state index < -0.39 is 0 Å². The molecule has 0 fully saturated rings. The second kappa shape index (κ2) is 1.70. The quantitative estimate of drug-likeness (QED) is 0.506. The van der Waals surface area contributed by atoms with E-state index in [1.807, 2.05) is 6.08 Å². The Hall–Kier alpha value is -0.240. The van der Waals surface area contributed by atoms with Gasteiger partial charge in [-0.05, 0) is 12.8 Å². The third-order valence-electron chi connectivity index (χ3n) is 1.08. The largest absolute Gasteiger partial charge is 0.282 e. The molecular weight excluding hydrogens is 108 g/mol. The summed E-state index contributed by atoms with van der Waals surface area (Å²) in [5.41, 5.74) is 0.878. The van der Waals surface area contributed by atoms with E-state index in [9.17, 15) is 4.79 Å². The Morgan fingerprint density at radius 3 is 2.43 bits per heavy atom. The summed E-state index contributed by atoms with van der Waals surface area (Å²) in [5, 5.41) is -0.0637. The van der Waals surface area contributed by atoms with Crippen molar-refractivity contribution in [1.29, 1.82) is 0 Å². The molecule has 7 heavy (non-hydrogen) atoms. The van der Waals surface area contributed by atoms with E-state index in [1.54, 1.807) is 0 Å². The summed E-state index contributed by atoms with van der Waals surface area (Å²) in [6, 6.07) is 0. The zero-order valence-corrected chi connectivity index (χ0v) is 4.74. The number of rotatable bonds is 1. The molecule has 0 aromatic heterocycles. The van der Waals surface area contributed by atoms with Crippen LogP contribution >= 0.6 is 12.6 Å². The Morgan fingerprint density at radius 1 is 1.86 bits per heavy atom. The fourth-order valence-electron chi connectivity index (χ4n) is 0.483. The predicted octanol–water partition coefficient (Wildman–Crippen LogP) is 1.16. The predicted molar refractivity (Wildman–Crippen MR) is 31.3 cm³/mol. The van der Waals surface area contributed by atoms with Crippen molar-refractivity contribution >= 4 is 17.7 Å². The van der Waals surface area contributed by atoms with Crippen molar-refractivity contribution < 1.29 is 4.79 Å². The first-order valence-corrected chi connectivity index (χ1v) is 2.68. The molecule has 1 nitrogen and oxygen atoms in total. The Bertz CT molecular complexity index is 126.